The van der Waals surface area contributed by atoms with Crippen LogP contribution in [0.1, 0.15) is 11.1 Å². The number of nitrogens with zero attached hydrogens (tertiary/aromatic N) is 2. The van der Waals surface area contributed by atoms with Gasteiger partial charge in [0.1, 0.15) is 11.4 Å². The van der Waals surface area contributed by atoms with Crippen molar-refractivity contribution in [1.82, 2.24) is 9.97 Å². The highest BCUT2D eigenvalue weighted by Crippen LogP contribution is 2.36. The van der Waals surface area contributed by atoms with Gasteiger partial charge in [-0.15, -0.1) is 0 Å². The van der Waals surface area contributed by atoms with Crippen LogP contribution in [0.2, 0.25) is 0 Å². The van der Waals surface area contributed by atoms with E-state index in [0.717, 1.165) is 17.8 Å². The third-order valence-electron chi connectivity index (χ3n) is 2.33. The minimum absolute atomic E-state index is 0.139. The quantitative estimate of drug-likeness (QED) is 0.880. The molecule has 0 unspecified atom stereocenters. The van der Waals surface area contributed by atoms with E-state index in [9.17, 15) is 13.2 Å². The Bertz CT molecular complexity index is 561. The Morgan fingerprint density at radius 2 is 2.00 bits per heavy atom. The predicted molar refractivity (Wildman–Crippen MR) is 63.5 cm³/mol. The second-order valence-electron chi connectivity index (χ2n) is 3.62. The van der Waals surface area contributed by atoms with Gasteiger partial charge in [0.15, 0.2) is 0 Å². The highest BCUT2D eigenvalue weighted by molar-refractivity contribution is 7.99. The summed E-state index contributed by atoms with van der Waals surface area (Å²) in [4.78, 5) is 8.07. The molecule has 100 valence electrons. The molecule has 0 aliphatic rings. The molecule has 0 amide bonds. The molecule has 0 aliphatic heterocycles. The standard InChI is InChI=1S/C12H9F3N2OS/c13-12(14,15)10-5-9(2-1-8(10)6-18)19-11-3-4-16-7-17-11/h1-5,7,18H,6H2. The fourth-order valence-electron chi connectivity index (χ4n) is 1.48. The third-order valence-corrected chi connectivity index (χ3v) is 3.27. The van der Waals surface area contributed by atoms with Gasteiger partial charge in [0.25, 0.3) is 0 Å². The molecule has 1 heterocycles. The van der Waals surface area contributed by atoms with Crippen molar-refractivity contribution in [3.8, 4) is 0 Å². The van der Waals surface area contributed by atoms with Crippen molar-refractivity contribution in [2.45, 2.75) is 22.7 Å². The lowest BCUT2D eigenvalue weighted by Gasteiger charge is -2.12. The van der Waals surface area contributed by atoms with Crippen molar-refractivity contribution in [2.24, 2.45) is 0 Å². The van der Waals surface area contributed by atoms with Crippen molar-refractivity contribution in [1.29, 1.82) is 0 Å². The zero-order valence-corrected chi connectivity index (χ0v) is 10.4. The summed E-state index contributed by atoms with van der Waals surface area (Å²) >= 11 is 1.10. The van der Waals surface area contributed by atoms with Crippen LogP contribution in [-0.2, 0) is 12.8 Å². The molecule has 1 N–H and O–H groups in total. The van der Waals surface area contributed by atoms with Gasteiger partial charge in [-0.3, -0.25) is 0 Å². The Balaban J connectivity index is 2.33. The summed E-state index contributed by atoms with van der Waals surface area (Å²) in [5, 5.41) is 9.49. The van der Waals surface area contributed by atoms with E-state index in [1.165, 1.54) is 24.7 Å². The van der Waals surface area contributed by atoms with Crippen molar-refractivity contribution in [2.75, 3.05) is 0 Å². The van der Waals surface area contributed by atoms with Gasteiger partial charge in [-0.2, -0.15) is 13.2 Å². The van der Waals surface area contributed by atoms with Gasteiger partial charge in [-0.1, -0.05) is 17.8 Å². The molecule has 2 rings (SSSR count). The van der Waals surface area contributed by atoms with E-state index < -0.39 is 18.3 Å². The molecule has 1 aromatic carbocycles. The van der Waals surface area contributed by atoms with Crippen LogP contribution in [-0.4, -0.2) is 15.1 Å². The number of rotatable bonds is 3. The Morgan fingerprint density at radius 3 is 2.58 bits per heavy atom. The van der Waals surface area contributed by atoms with Crippen LogP contribution in [0.3, 0.4) is 0 Å². The van der Waals surface area contributed by atoms with E-state index >= 15 is 0 Å². The van der Waals surface area contributed by atoms with E-state index in [0.29, 0.717) is 9.92 Å². The summed E-state index contributed by atoms with van der Waals surface area (Å²) < 4.78 is 38.4. The summed E-state index contributed by atoms with van der Waals surface area (Å²) in [6, 6.07) is 5.41. The lowest BCUT2D eigenvalue weighted by molar-refractivity contribution is -0.138. The van der Waals surface area contributed by atoms with Gasteiger partial charge in [-0.05, 0) is 23.8 Å². The second kappa shape index (κ2) is 5.58. The number of hydrogen-bond acceptors (Lipinski definition) is 4. The van der Waals surface area contributed by atoms with Gasteiger partial charge in [0.05, 0.1) is 12.2 Å². The van der Waals surface area contributed by atoms with Crippen LogP contribution < -0.4 is 0 Å². The number of aliphatic hydroxyl groups is 1. The van der Waals surface area contributed by atoms with E-state index in [1.54, 1.807) is 6.07 Å². The fraction of sp³-hybridized carbons (Fsp3) is 0.167. The first kappa shape index (κ1) is 13.8. The molecule has 1 aromatic heterocycles. The molecule has 0 atom stereocenters. The fourth-order valence-corrected chi connectivity index (χ4v) is 2.26. The number of aliphatic hydroxyl groups excluding tert-OH is 1. The Kier molecular flexibility index (Phi) is 4.06. The maximum absolute atomic E-state index is 12.8. The minimum Gasteiger partial charge on any atom is -0.392 e. The molecule has 0 fully saturated rings. The molecular weight excluding hydrogens is 277 g/mol. The van der Waals surface area contributed by atoms with Gasteiger partial charge in [0, 0.05) is 11.1 Å². The number of hydrogen-bond donors (Lipinski definition) is 1. The van der Waals surface area contributed by atoms with Gasteiger partial charge < -0.3 is 5.11 Å². The number of aromatic nitrogens is 2. The van der Waals surface area contributed by atoms with E-state index in [-0.39, 0.29) is 5.56 Å². The average molecular weight is 286 g/mol. The molecule has 0 radical (unpaired) electrons. The average Bonchev–Trinajstić information content (AvgIpc) is 2.39. The van der Waals surface area contributed by atoms with Crippen LogP contribution in [0.15, 0.2) is 46.7 Å². The van der Waals surface area contributed by atoms with E-state index in [4.69, 9.17) is 5.11 Å². The van der Waals surface area contributed by atoms with Crippen molar-refractivity contribution in [3.05, 3.63) is 47.9 Å². The van der Waals surface area contributed by atoms with Gasteiger partial charge >= 0.3 is 6.18 Å². The molecule has 0 aliphatic carbocycles. The molecule has 0 bridgehead atoms. The van der Waals surface area contributed by atoms with E-state index in [2.05, 4.69) is 9.97 Å². The molecule has 7 heteroatoms. The first-order chi connectivity index (χ1) is 9.00. The normalized spacial score (nSPS) is 11.6. The lowest BCUT2D eigenvalue weighted by atomic mass is 10.1. The third kappa shape index (κ3) is 3.45. The van der Waals surface area contributed by atoms with Crippen molar-refractivity contribution >= 4 is 11.8 Å². The Labute approximate surface area is 111 Å². The van der Waals surface area contributed by atoms with E-state index in [1.807, 2.05) is 0 Å². The van der Waals surface area contributed by atoms with Crippen molar-refractivity contribution < 1.29 is 18.3 Å². The predicted octanol–water partition coefficient (Wildman–Crippen LogP) is 3.14. The summed E-state index contributed by atoms with van der Waals surface area (Å²) in [5.41, 5.74) is -0.964. The zero-order chi connectivity index (χ0) is 13.9. The number of alkyl halides is 3. The topological polar surface area (TPSA) is 46.0 Å². The molecule has 0 saturated carbocycles. The summed E-state index contributed by atoms with van der Waals surface area (Å²) in [6.07, 6.45) is -1.64. The molecular formula is C12H9F3N2OS. The molecule has 19 heavy (non-hydrogen) atoms. The van der Waals surface area contributed by atoms with Crippen molar-refractivity contribution in [3.63, 3.8) is 0 Å². The van der Waals surface area contributed by atoms with Gasteiger partial charge in [-0.25, -0.2) is 9.97 Å². The largest absolute Gasteiger partial charge is 0.416 e. The van der Waals surface area contributed by atoms with Crippen LogP contribution in [0.5, 0.6) is 0 Å². The highest BCUT2D eigenvalue weighted by Gasteiger charge is 2.33. The van der Waals surface area contributed by atoms with Crippen LogP contribution in [0, 0.1) is 0 Å². The summed E-state index contributed by atoms with van der Waals surface area (Å²) in [7, 11) is 0. The smallest absolute Gasteiger partial charge is 0.392 e. The maximum Gasteiger partial charge on any atom is 0.416 e. The Hall–Kier alpha value is -1.60. The lowest BCUT2D eigenvalue weighted by Crippen LogP contribution is -2.09. The van der Waals surface area contributed by atoms with Crippen LogP contribution in [0.4, 0.5) is 13.2 Å². The number of halogens is 3. The minimum atomic E-state index is -4.49. The number of benzene rings is 1. The molecule has 3 nitrogen and oxygen atoms in total. The highest BCUT2D eigenvalue weighted by atomic mass is 32.2. The second-order valence-corrected chi connectivity index (χ2v) is 4.72. The van der Waals surface area contributed by atoms with Gasteiger partial charge in [0.2, 0.25) is 0 Å². The molecule has 0 saturated heterocycles. The first-order valence-electron chi connectivity index (χ1n) is 5.25. The molecule has 2 aromatic rings. The van der Waals surface area contributed by atoms with Crippen LogP contribution >= 0.6 is 11.8 Å². The maximum atomic E-state index is 12.8. The SMILES string of the molecule is OCc1ccc(Sc2ccncn2)cc1C(F)(F)F. The first-order valence-corrected chi connectivity index (χ1v) is 6.07. The monoisotopic (exact) mass is 286 g/mol. The Morgan fingerprint density at radius 1 is 1.21 bits per heavy atom. The summed E-state index contributed by atoms with van der Waals surface area (Å²) in [6.45, 7) is -0.646. The van der Waals surface area contributed by atoms with Crippen LogP contribution in [0.25, 0.3) is 0 Å². The molecule has 0 spiro atoms. The summed E-state index contributed by atoms with van der Waals surface area (Å²) in [5.74, 6) is 0. The zero-order valence-electron chi connectivity index (χ0n) is 9.55.